The van der Waals surface area contributed by atoms with Crippen LogP contribution in [0.4, 0.5) is 0 Å². The van der Waals surface area contributed by atoms with Crippen molar-refractivity contribution >= 4 is 11.9 Å². The molecule has 2 aliphatic heterocycles. The fraction of sp³-hybridized carbons (Fsp3) is 0.381. The standard InChI is InChI=1S/C42H48N2O6/c1-28-37(26-44-24-10-15-36(44)40(47)50-42(2,3)4)48-41(49-38(28)31-18-16-29(27-45)17-19-31)33-22-20-30(21-23-33)35-14-9-8-13-34(35)25-43-39(46)32-11-6-5-7-12-32/h5-9,11-14,16-23,28,36-38,41,45H,10,15,24-27H2,1-4H3,(H,43,46)/t28-,36-,37+,38+,41+/m0/s1. The van der Waals surface area contributed by atoms with Crippen LogP contribution in [0.5, 0.6) is 0 Å². The van der Waals surface area contributed by atoms with Crippen molar-refractivity contribution in [3.63, 3.8) is 0 Å². The lowest BCUT2D eigenvalue weighted by Gasteiger charge is -2.43. The van der Waals surface area contributed by atoms with E-state index in [0.717, 1.165) is 52.8 Å². The second-order valence-electron chi connectivity index (χ2n) is 14.3. The SMILES string of the molecule is C[C@H]1[C@@H](CN2CCC[C@H]2C(=O)OC(C)(C)C)O[C@@H](c2ccc(-c3ccccc3CNC(=O)c3ccccc3)cc2)O[C@H]1c1ccc(CO)cc1. The minimum atomic E-state index is -0.629. The molecule has 0 spiro atoms. The summed E-state index contributed by atoms with van der Waals surface area (Å²) >= 11 is 0. The average molecular weight is 677 g/mol. The number of rotatable bonds is 10. The van der Waals surface area contributed by atoms with Gasteiger partial charge in [0.2, 0.25) is 0 Å². The second kappa shape index (κ2) is 15.7. The van der Waals surface area contributed by atoms with E-state index >= 15 is 0 Å². The van der Waals surface area contributed by atoms with Crippen LogP contribution >= 0.6 is 0 Å². The number of likely N-dealkylation sites (tertiary alicyclic amines) is 1. The van der Waals surface area contributed by atoms with Gasteiger partial charge in [0.25, 0.3) is 5.91 Å². The predicted octanol–water partition coefficient (Wildman–Crippen LogP) is 7.37. The van der Waals surface area contributed by atoms with Crippen molar-refractivity contribution in [2.45, 2.75) is 83.8 Å². The number of nitrogens with one attached hydrogen (secondary N) is 1. The smallest absolute Gasteiger partial charge is 0.323 e. The Hall–Kier alpha value is -4.34. The summed E-state index contributed by atoms with van der Waals surface area (Å²) in [6.07, 6.45) is 0.586. The Balaban J connectivity index is 1.22. The van der Waals surface area contributed by atoms with Crippen molar-refractivity contribution in [1.82, 2.24) is 10.2 Å². The summed E-state index contributed by atoms with van der Waals surface area (Å²) in [6, 6.07) is 33.1. The number of aliphatic hydroxyl groups excluding tert-OH is 1. The zero-order valence-electron chi connectivity index (χ0n) is 29.4. The first-order valence-corrected chi connectivity index (χ1v) is 17.6. The van der Waals surface area contributed by atoms with Crippen molar-refractivity contribution in [2.75, 3.05) is 13.1 Å². The topological polar surface area (TPSA) is 97.3 Å². The monoisotopic (exact) mass is 676 g/mol. The Bertz CT molecular complexity index is 1740. The highest BCUT2D eigenvalue weighted by Crippen LogP contribution is 2.43. The fourth-order valence-electron chi connectivity index (χ4n) is 6.88. The number of aliphatic hydroxyl groups is 1. The van der Waals surface area contributed by atoms with Crippen LogP contribution in [0.15, 0.2) is 103 Å². The Morgan fingerprint density at radius 3 is 2.26 bits per heavy atom. The van der Waals surface area contributed by atoms with Gasteiger partial charge in [-0.05, 0) is 80.1 Å². The van der Waals surface area contributed by atoms with E-state index in [9.17, 15) is 14.7 Å². The van der Waals surface area contributed by atoms with E-state index in [4.69, 9.17) is 14.2 Å². The number of nitrogens with zero attached hydrogens (tertiary/aromatic N) is 1. The minimum absolute atomic E-state index is 0.0108. The molecule has 2 N–H and O–H groups in total. The maximum absolute atomic E-state index is 13.2. The maximum Gasteiger partial charge on any atom is 0.323 e. The molecule has 2 heterocycles. The summed E-state index contributed by atoms with van der Waals surface area (Å²) in [5.74, 6) is -0.306. The van der Waals surface area contributed by atoms with Crippen molar-refractivity contribution in [1.29, 1.82) is 0 Å². The van der Waals surface area contributed by atoms with Crippen molar-refractivity contribution in [2.24, 2.45) is 5.92 Å². The average Bonchev–Trinajstić information content (AvgIpc) is 3.60. The lowest BCUT2D eigenvalue weighted by atomic mass is 9.89. The second-order valence-corrected chi connectivity index (χ2v) is 14.3. The van der Waals surface area contributed by atoms with Gasteiger partial charge in [0.05, 0.1) is 18.8 Å². The summed E-state index contributed by atoms with van der Waals surface area (Å²) in [5.41, 5.74) is 5.90. The number of carbonyl (C=O) groups is 2. The molecule has 0 unspecified atom stereocenters. The third kappa shape index (κ3) is 8.50. The van der Waals surface area contributed by atoms with Crippen LogP contribution < -0.4 is 5.32 Å². The Kier molecular flexibility index (Phi) is 11.1. The van der Waals surface area contributed by atoms with Crippen molar-refractivity contribution in [3.05, 3.63) is 131 Å². The molecule has 8 heteroatoms. The van der Waals surface area contributed by atoms with Crippen LogP contribution in [0.1, 0.15) is 85.5 Å². The first-order valence-electron chi connectivity index (χ1n) is 17.6. The van der Waals surface area contributed by atoms with E-state index in [-0.39, 0.29) is 42.7 Å². The summed E-state index contributed by atoms with van der Waals surface area (Å²) in [5, 5.41) is 12.7. The summed E-state index contributed by atoms with van der Waals surface area (Å²) in [6.45, 7) is 9.61. The quantitative estimate of drug-likeness (QED) is 0.169. The molecular weight excluding hydrogens is 628 g/mol. The zero-order valence-corrected chi connectivity index (χ0v) is 29.4. The predicted molar refractivity (Wildman–Crippen MR) is 193 cm³/mol. The Morgan fingerprint density at radius 2 is 1.56 bits per heavy atom. The van der Waals surface area contributed by atoms with Crippen LogP contribution in [0.3, 0.4) is 0 Å². The number of hydrogen-bond donors (Lipinski definition) is 2. The van der Waals surface area contributed by atoms with Gasteiger partial charge in [0, 0.05) is 30.1 Å². The largest absolute Gasteiger partial charge is 0.459 e. The molecule has 50 heavy (non-hydrogen) atoms. The molecule has 2 aliphatic rings. The van der Waals surface area contributed by atoms with Gasteiger partial charge in [-0.2, -0.15) is 0 Å². The highest BCUT2D eigenvalue weighted by atomic mass is 16.7. The van der Waals surface area contributed by atoms with Gasteiger partial charge in [-0.3, -0.25) is 14.5 Å². The van der Waals surface area contributed by atoms with Crippen LogP contribution in [-0.4, -0.2) is 52.7 Å². The van der Waals surface area contributed by atoms with Gasteiger partial charge < -0.3 is 24.6 Å². The molecular formula is C42H48N2O6. The van der Waals surface area contributed by atoms with Gasteiger partial charge >= 0.3 is 5.97 Å². The van der Waals surface area contributed by atoms with Gasteiger partial charge in [0.15, 0.2) is 6.29 Å². The molecule has 0 saturated carbocycles. The van der Waals surface area contributed by atoms with Gasteiger partial charge in [-0.1, -0.05) is 97.9 Å². The van der Waals surface area contributed by atoms with E-state index in [0.29, 0.717) is 18.7 Å². The van der Waals surface area contributed by atoms with Crippen LogP contribution in [0.2, 0.25) is 0 Å². The van der Waals surface area contributed by atoms with Crippen molar-refractivity contribution in [3.8, 4) is 11.1 Å². The maximum atomic E-state index is 13.2. The highest BCUT2D eigenvalue weighted by Gasteiger charge is 2.42. The fourth-order valence-corrected chi connectivity index (χ4v) is 6.88. The molecule has 1 amide bonds. The first-order chi connectivity index (χ1) is 24.1. The molecule has 6 rings (SSSR count). The highest BCUT2D eigenvalue weighted by molar-refractivity contribution is 5.94. The van der Waals surface area contributed by atoms with E-state index in [2.05, 4.69) is 35.3 Å². The first kappa shape index (κ1) is 35.5. The molecule has 2 saturated heterocycles. The van der Waals surface area contributed by atoms with E-state index in [1.165, 1.54) is 0 Å². The number of benzene rings is 4. The van der Waals surface area contributed by atoms with Crippen LogP contribution in [-0.2, 0) is 32.2 Å². The van der Waals surface area contributed by atoms with Crippen LogP contribution in [0.25, 0.3) is 11.1 Å². The third-order valence-electron chi connectivity index (χ3n) is 9.57. The van der Waals surface area contributed by atoms with E-state index in [1.54, 1.807) is 12.1 Å². The molecule has 2 fully saturated rings. The Morgan fingerprint density at radius 1 is 0.880 bits per heavy atom. The lowest BCUT2D eigenvalue weighted by Crippen LogP contribution is -2.48. The van der Waals surface area contributed by atoms with Gasteiger partial charge in [-0.25, -0.2) is 0 Å². The summed E-state index contributed by atoms with van der Waals surface area (Å²) in [7, 11) is 0. The number of carbonyl (C=O) groups excluding carboxylic acids is 2. The number of amides is 1. The summed E-state index contributed by atoms with van der Waals surface area (Å²) in [4.78, 5) is 28.1. The van der Waals surface area contributed by atoms with E-state index in [1.807, 2.05) is 93.6 Å². The Labute approximate surface area is 295 Å². The van der Waals surface area contributed by atoms with Crippen molar-refractivity contribution < 1.29 is 28.9 Å². The lowest BCUT2D eigenvalue weighted by molar-refractivity contribution is -0.276. The molecule has 4 aromatic carbocycles. The van der Waals surface area contributed by atoms with E-state index < -0.39 is 11.9 Å². The number of hydrogen-bond acceptors (Lipinski definition) is 7. The molecule has 0 aliphatic carbocycles. The normalized spacial score (nSPS) is 22.6. The molecule has 262 valence electrons. The molecule has 0 radical (unpaired) electrons. The van der Waals surface area contributed by atoms with Gasteiger partial charge in [0.1, 0.15) is 11.6 Å². The zero-order chi connectivity index (χ0) is 35.3. The molecule has 0 aromatic heterocycles. The van der Waals surface area contributed by atoms with Gasteiger partial charge in [-0.15, -0.1) is 0 Å². The minimum Gasteiger partial charge on any atom is -0.459 e. The molecule has 5 atom stereocenters. The molecule has 4 aromatic rings. The number of esters is 1. The summed E-state index contributed by atoms with van der Waals surface area (Å²) < 4.78 is 19.2. The molecule has 0 bridgehead atoms. The number of ether oxygens (including phenoxy) is 3. The van der Waals surface area contributed by atoms with Crippen LogP contribution in [0, 0.1) is 5.92 Å². The third-order valence-corrected chi connectivity index (χ3v) is 9.57. The molecule has 8 nitrogen and oxygen atoms in total.